The zero-order valence-electron chi connectivity index (χ0n) is 35.6. The number of aldehydes is 2. The molecule has 0 unspecified atom stereocenters. The van der Waals surface area contributed by atoms with Gasteiger partial charge in [0.25, 0.3) is 11.1 Å². The fourth-order valence-electron chi connectivity index (χ4n) is 6.00. The first-order valence-corrected chi connectivity index (χ1v) is 18.2. The first-order chi connectivity index (χ1) is 29.2. The Kier molecular flexibility index (Phi) is 19.3. The number of carbonyl (C=O) groups excluding carboxylic acids is 8. The van der Waals surface area contributed by atoms with E-state index in [1.165, 1.54) is 28.3 Å². The standard InChI is InChI=1S/2C18H23N3O10.H2O/c2*1-8(23)29-12-7-28-16(14(31-10(3)25)13(12)30-9(2)24)19-15-11(6-22)17(26)21(4)18(20-15)27-5;/h2*6,12-14,16,19H,7H2,1-5H3;1H2/t2*12-,13+,14-,16-;/m11./s1. The topological polar surface area (TPSA) is 354 Å². The van der Waals surface area contributed by atoms with Crippen LogP contribution in [-0.4, -0.2) is 149 Å². The lowest BCUT2D eigenvalue weighted by atomic mass is 10.0. The number of ether oxygens (including phenoxy) is 10. The summed E-state index contributed by atoms with van der Waals surface area (Å²) in [6.45, 7) is 6.32. The monoisotopic (exact) mass is 900 g/mol. The number of nitrogens with zero attached hydrogens (tertiary/aromatic N) is 4. The van der Waals surface area contributed by atoms with E-state index in [1.54, 1.807) is 0 Å². The van der Waals surface area contributed by atoms with E-state index in [9.17, 15) is 47.9 Å². The van der Waals surface area contributed by atoms with Crippen LogP contribution in [0.2, 0.25) is 0 Å². The van der Waals surface area contributed by atoms with Crippen molar-refractivity contribution in [3.05, 3.63) is 31.8 Å². The summed E-state index contributed by atoms with van der Waals surface area (Å²) < 4.78 is 54.5. The number of nitrogens with one attached hydrogen (secondary N) is 2. The lowest BCUT2D eigenvalue weighted by molar-refractivity contribution is -0.221. The average Bonchev–Trinajstić information content (AvgIpc) is 3.18. The van der Waals surface area contributed by atoms with Crippen LogP contribution in [0.3, 0.4) is 0 Å². The van der Waals surface area contributed by atoms with Crippen LogP contribution in [-0.2, 0) is 80.8 Å². The van der Waals surface area contributed by atoms with E-state index in [2.05, 4.69) is 20.6 Å². The summed E-state index contributed by atoms with van der Waals surface area (Å²) in [5.74, 6) is -4.67. The molecule has 2 fully saturated rings. The molecular weight excluding hydrogens is 852 g/mol. The second kappa shape index (κ2) is 23.3. The van der Waals surface area contributed by atoms with Crippen LogP contribution in [0, 0.1) is 0 Å². The summed E-state index contributed by atoms with van der Waals surface area (Å²) in [7, 11) is 5.30. The van der Waals surface area contributed by atoms with Gasteiger partial charge < -0.3 is 63.5 Å². The Balaban J connectivity index is 0.000000427. The van der Waals surface area contributed by atoms with Crippen LogP contribution in [0.4, 0.5) is 11.6 Å². The smallest absolute Gasteiger partial charge is 0.303 e. The van der Waals surface area contributed by atoms with Crippen LogP contribution in [0.1, 0.15) is 62.3 Å². The molecule has 0 aliphatic carbocycles. The lowest BCUT2D eigenvalue weighted by Crippen LogP contribution is -2.59. The van der Waals surface area contributed by atoms with Crippen molar-refractivity contribution in [3.8, 4) is 12.0 Å². The van der Waals surface area contributed by atoms with E-state index in [0.717, 1.165) is 50.7 Å². The Bertz CT molecular complexity index is 2010. The van der Waals surface area contributed by atoms with Crippen LogP contribution in [0.5, 0.6) is 12.0 Å². The van der Waals surface area contributed by atoms with E-state index in [1.807, 2.05) is 0 Å². The Morgan fingerprint density at radius 3 is 1.10 bits per heavy atom. The number of hydrogen-bond donors (Lipinski definition) is 2. The third-order valence-electron chi connectivity index (χ3n) is 8.43. The third kappa shape index (κ3) is 13.5. The molecule has 27 nitrogen and oxygen atoms in total. The van der Waals surface area contributed by atoms with Gasteiger partial charge in [-0.3, -0.25) is 57.1 Å². The van der Waals surface area contributed by atoms with Gasteiger partial charge in [0.2, 0.25) is 0 Å². The molecule has 0 amide bonds. The van der Waals surface area contributed by atoms with Gasteiger partial charge in [-0.15, -0.1) is 0 Å². The van der Waals surface area contributed by atoms with Crippen molar-refractivity contribution in [2.24, 2.45) is 14.1 Å². The predicted molar refractivity (Wildman–Crippen MR) is 206 cm³/mol. The van der Waals surface area contributed by atoms with Gasteiger partial charge in [0.05, 0.1) is 27.4 Å². The van der Waals surface area contributed by atoms with Crippen molar-refractivity contribution in [1.29, 1.82) is 0 Å². The molecule has 0 bridgehead atoms. The molecule has 0 spiro atoms. The lowest BCUT2D eigenvalue weighted by Gasteiger charge is -2.40. The van der Waals surface area contributed by atoms with Crippen molar-refractivity contribution in [1.82, 2.24) is 19.1 Å². The number of hydrogen-bond acceptors (Lipinski definition) is 24. The summed E-state index contributed by atoms with van der Waals surface area (Å²) in [6.07, 6.45) is -9.06. The number of carbonyl (C=O) groups is 8. The molecule has 0 radical (unpaired) electrons. The zero-order chi connectivity index (χ0) is 46.6. The van der Waals surface area contributed by atoms with E-state index in [-0.39, 0.29) is 53.5 Å². The Hall–Kier alpha value is -7.00. The molecule has 27 heteroatoms. The molecule has 0 saturated carbocycles. The second-order valence-corrected chi connectivity index (χ2v) is 13.1. The summed E-state index contributed by atoms with van der Waals surface area (Å²) in [4.78, 5) is 125. The Morgan fingerprint density at radius 1 is 0.556 bits per heavy atom. The normalized spacial score (nSPS) is 22.4. The van der Waals surface area contributed by atoms with Gasteiger partial charge in [-0.05, 0) is 0 Å². The number of methoxy groups -OCH3 is 2. The Morgan fingerprint density at radius 2 is 0.841 bits per heavy atom. The van der Waals surface area contributed by atoms with Crippen LogP contribution < -0.4 is 31.2 Å². The minimum atomic E-state index is -1.31. The Labute approximate surface area is 356 Å². The van der Waals surface area contributed by atoms with Gasteiger partial charge in [-0.2, -0.15) is 9.97 Å². The van der Waals surface area contributed by atoms with Crippen molar-refractivity contribution in [2.75, 3.05) is 38.1 Å². The molecule has 2 saturated heterocycles. The summed E-state index contributed by atoms with van der Waals surface area (Å²) in [5.41, 5.74) is -2.06. The fourth-order valence-corrected chi connectivity index (χ4v) is 6.00. The third-order valence-corrected chi connectivity index (χ3v) is 8.43. The van der Waals surface area contributed by atoms with E-state index in [0.29, 0.717) is 12.6 Å². The van der Waals surface area contributed by atoms with Crippen molar-refractivity contribution < 1.29 is 91.2 Å². The van der Waals surface area contributed by atoms with Crippen LogP contribution >= 0.6 is 0 Å². The second-order valence-electron chi connectivity index (χ2n) is 13.1. The van der Waals surface area contributed by atoms with Crippen molar-refractivity contribution in [3.63, 3.8) is 0 Å². The maximum absolute atomic E-state index is 12.4. The molecule has 4 heterocycles. The van der Waals surface area contributed by atoms with E-state index >= 15 is 0 Å². The minimum absolute atomic E-state index is 0. The maximum Gasteiger partial charge on any atom is 0.303 e. The molecule has 4 N–H and O–H groups in total. The zero-order valence-corrected chi connectivity index (χ0v) is 35.6. The highest BCUT2D eigenvalue weighted by atomic mass is 16.7. The largest absolute Gasteiger partial charge is 0.468 e. The molecule has 4 rings (SSSR count). The van der Waals surface area contributed by atoms with Crippen molar-refractivity contribution >= 4 is 60.0 Å². The van der Waals surface area contributed by atoms with Crippen LogP contribution in [0.15, 0.2) is 9.59 Å². The molecule has 63 heavy (non-hydrogen) atoms. The van der Waals surface area contributed by atoms with Gasteiger partial charge in [0.1, 0.15) is 22.8 Å². The minimum Gasteiger partial charge on any atom is -0.468 e. The highest BCUT2D eigenvalue weighted by Gasteiger charge is 2.49. The number of rotatable bonds is 14. The first-order valence-electron chi connectivity index (χ1n) is 18.2. The molecule has 348 valence electrons. The molecule has 2 aliphatic rings. The van der Waals surface area contributed by atoms with E-state index < -0.39 is 96.0 Å². The van der Waals surface area contributed by atoms with Gasteiger partial charge >= 0.3 is 47.8 Å². The summed E-state index contributed by atoms with van der Waals surface area (Å²) >= 11 is 0. The van der Waals surface area contributed by atoms with Gasteiger partial charge in [0, 0.05) is 55.6 Å². The molecule has 2 aromatic heterocycles. The highest BCUT2D eigenvalue weighted by Crippen LogP contribution is 2.28. The number of anilines is 2. The van der Waals surface area contributed by atoms with Crippen LogP contribution in [0.25, 0.3) is 0 Å². The fraction of sp³-hybridized carbons (Fsp3) is 0.556. The SMILES string of the molecule is COc1nc(N[C@@H]2OC[C@@H](OC(C)=O)[C@H](OC(C)=O)[C@H]2OC(C)=O)c(C=O)c(=O)n1C.COc1nc(N[C@@H]2OC[C@@H](OC(C)=O)[C@H](OC(C)=O)[C@H]2OC(C)=O)c(C=O)c(=O)n1C.O. The van der Waals surface area contributed by atoms with Gasteiger partial charge in [-0.1, -0.05) is 0 Å². The molecular formula is C36H48N6O21. The van der Waals surface area contributed by atoms with E-state index in [4.69, 9.17) is 47.4 Å². The summed E-state index contributed by atoms with van der Waals surface area (Å²) in [5, 5.41) is 5.42. The maximum atomic E-state index is 12.4. The molecule has 0 aromatic carbocycles. The summed E-state index contributed by atoms with van der Waals surface area (Å²) in [6, 6.07) is -0.209. The van der Waals surface area contributed by atoms with Crippen molar-refractivity contribution in [2.45, 2.75) is 90.6 Å². The highest BCUT2D eigenvalue weighted by molar-refractivity contribution is 5.83. The number of aromatic nitrogens is 4. The first kappa shape index (κ1) is 52.1. The predicted octanol–water partition coefficient (Wildman–Crippen LogP) is -2.50. The quantitative estimate of drug-likeness (QED) is 0.112. The van der Waals surface area contributed by atoms with Gasteiger partial charge in [-0.25, -0.2) is 0 Å². The molecule has 2 aliphatic heterocycles. The van der Waals surface area contributed by atoms with Gasteiger partial charge in [0.15, 0.2) is 61.7 Å². The molecule has 8 atom stereocenters. The number of esters is 6. The molecule has 2 aromatic rings. The average molecular weight is 901 g/mol.